The Bertz CT molecular complexity index is 507. The van der Waals surface area contributed by atoms with Crippen LogP contribution in [0.4, 0.5) is 4.39 Å². The Morgan fingerprint density at radius 1 is 1.31 bits per heavy atom. The summed E-state index contributed by atoms with van der Waals surface area (Å²) in [6, 6.07) is 5.80. The number of hydrogen-bond acceptors (Lipinski definition) is 2. The standard InChI is InChI=1S/C12H10ClFO2/c1-7-9(4-5-16-7)12(15)10-3-2-8(13)6-11(10)14/h2-6,12,15H,1H3. The van der Waals surface area contributed by atoms with Crippen molar-refractivity contribution in [1.82, 2.24) is 0 Å². The molecule has 0 amide bonds. The van der Waals surface area contributed by atoms with E-state index < -0.39 is 11.9 Å². The van der Waals surface area contributed by atoms with Crippen molar-refractivity contribution in [2.45, 2.75) is 13.0 Å². The molecule has 1 unspecified atom stereocenters. The van der Waals surface area contributed by atoms with Crippen LogP contribution in [0.1, 0.15) is 23.0 Å². The summed E-state index contributed by atoms with van der Waals surface area (Å²) < 4.78 is 18.6. The lowest BCUT2D eigenvalue weighted by Crippen LogP contribution is -2.02. The van der Waals surface area contributed by atoms with Gasteiger partial charge in [0.15, 0.2) is 0 Å². The summed E-state index contributed by atoms with van der Waals surface area (Å²) in [4.78, 5) is 0. The molecule has 0 aliphatic carbocycles. The Morgan fingerprint density at radius 3 is 2.62 bits per heavy atom. The van der Waals surface area contributed by atoms with Crippen molar-refractivity contribution in [3.05, 3.63) is 58.3 Å². The van der Waals surface area contributed by atoms with Crippen LogP contribution >= 0.6 is 11.6 Å². The Morgan fingerprint density at radius 2 is 2.06 bits per heavy atom. The van der Waals surface area contributed by atoms with E-state index in [1.54, 1.807) is 19.1 Å². The highest BCUT2D eigenvalue weighted by molar-refractivity contribution is 6.30. The SMILES string of the molecule is Cc1occc1C(O)c1ccc(Cl)cc1F. The van der Waals surface area contributed by atoms with Gasteiger partial charge in [0.25, 0.3) is 0 Å². The van der Waals surface area contributed by atoms with Crippen LogP contribution in [0.5, 0.6) is 0 Å². The normalized spacial score (nSPS) is 12.8. The third-order valence-corrected chi connectivity index (χ3v) is 2.69. The average Bonchev–Trinajstić information content (AvgIpc) is 2.63. The molecular weight excluding hydrogens is 231 g/mol. The molecule has 4 heteroatoms. The average molecular weight is 241 g/mol. The summed E-state index contributed by atoms with van der Waals surface area (Å²) in [6.45, 7) is 1.71. The van der Waals surface area contributed by atoms with Gasteiger partial charge in [0.1, 0.15) is 17.7 Å². The van der Waals surface area contributed by atoms with E-state index in [2.05, 4.69) is 0 Å². The highest BCUT2D eigenvalue weighted by Crippen LogP contribution is 2.28. The third-order valence-electron chi connectivity index (χ3n) is 2.45. The predicted molar refractivity (Wildman–Crippen MR) is 58.9 cm³/mol. The topological polar surface area (TPSA) is 33.4 Å². The second-order valence-corrected chi connectivity index (χ2v) is 3.94. The molecular formula is C12H10ClFO2. The van der Waals surface area contributed by atoms with E-state index in [-0.39, 0.29) is 5.56 Å². The first-order chi connectivity index (χ1) is 7.59. The summed E-state index contributed by atoms with van der Waals surface area (Å²) in [5.74, 6) is 0.0439. The maximum absolute atomic E-state index is 13.5. The fraction of sp³-hybridized carbons (Fsp3) is 0.167. The van der Waals surface area contributed by atoms with E-state index in [0.29, 0.717) is 16.3 Å². The molecule has 2 rings (SSSR count). The van der Waals surface area contributed by atoms with Gasteiger partial charge < -0.3 is 9.52 Å². The van der Waals surface area contributed by atoms with Gasteiger partial charge >= 0.3 is 0 Å². The number of aliphatic hydroxyl groups excluding tert-OH is 1. The Balaban J connectivity index is 2.41. The molecule has 0 saturated carbocycles. The fourth-order valence-corrected chi connectivity index (χ4v) is 1.73. The minimum atomic E-state index is -1.03. The molecule has 1 heterocycles. The van der Waals surface area contributed by atoms with Gasteiger partial charge in [-0.1, -0.05) is 17.7 Å². The molecule has 1 atom stereocenters. The minimum absolute atomic E-state index is 0.189. The van der Waals surface area contributed by atoms with Crippen molar-refractivity contribution in [2.75, 3.05) is 0 Å². The molecule has 1 aromatic carbocycles. The number of halogens is 2. The first kappa shape index (κ1) is 11.2. The molecule has 0 fully saturated rings. The van der Waals surface area contributed by atoms with Gasteiger partial charge in [0, 0.05) is 16.1 Å². The second kappa shape index (κ2) is 4.28. The number of hydrogen-bond donors (Lipinski definition) is 1. The molecule has 0 spiro atoms. The fourth-order valence-electron chi connectivity index (χ4n) is 1.57. The maximum atomic E-state index is 13.5. The van der Waals surface area contributed by atoms with Crippen LogP contribution in [0.2, 0.25) is 5.02 Å². The molecule has 0 bridgehead atoms. The monoisotopic (exact) mass is 240 g/mol. The first-order valence-corrected chi connectivity index (χ1v) is 5.14. The van der Waals surface area contributed by atoms with E-state index >= 15 is 0 Å². The highest BCUT2D eigenvalue weighted by atomic mass is 35.5. The van der Waals surface area contributed by atoms with Gasteiger partial charge in [0.2, 0.25) is 0 Å². The smallest absolute Gasteiger partial charge is 0.130 e. The quantitative estimate of drug-likeness (QED) is 0.872. The van der Waals surface area contributed by atoms with Crippen LogP contribution in [-0.4, -0.2) is 5.11 Å². The number of furan rings is 1. The maximum Gasteiger partial charge on any atom is 0.130 e. The number of rotatable bonds is 2. The molecule has 84 valence electrons. The van der Waals surface area contributed by atoms with Gasteiger partial charge in [-0.2, -0.15) is 0 Å². The van der Waals surface area contributed by atoms with E-state index in [9.17, 15) is 9.50 Å². The van der Waals surface area contributed by atoms with Crippen molar-refractivity contribution < 1.29 is 13.9 Å². The molecule has 0 saturated heterocycles. The van der Waals surface area contributed by atoms with Gasteiger partial charge in [-0.15, -0.1) is 0 Å². The second-order valence-electron chi connectivity index (χ2n) is 3.50. The van der Waals surface area contributed by atoms with Crippen molar-refractivity contribution in [3.63, 3.8) is 0 Å². The van der Waals surface area contributed by atoms with E-state index in [4.69, 9.17) is 16.0 Å². The van der Waals surface area contributed by atoms with Gasteiger partial charge in [0.05, 0.1) is 6.26 Å². The molecule has 0 aliphatic heterocycles. The van der Waals surface area contributed by atoms with Gasteiger partial charge in [-0.3, -0.25) is 0 Å². The lowest BCUT2D eigenvalue weighted by Gasteiger charge is -2.11. The zero-order chi connectivity index (χ0) is 11.7. The molecule has 2 aromatic rings. The molecule has 1 N–H and O–H groups in total. The first-order valence-electron chi connectivity index (χ1n) is 4.76. The van der Waals surface area contributed by atoms with Crippen LogP contribution < -0.4 is 0 Å². The van der Waals surface area contributed by atoms with Crippen LogP contribution in [0.3, 0.4) is 0 Å². The van der Waals surface area contributed by atoms with Crippen LogP contribution in [0, 0.1) is 12.7 Å². The lowest BCUT2D eigenvalue weighted by molar-refractivity contribution is 0.212. The summed E-state index contributed by atoms with van der Waals surface area (Å²) >= 11 is 5.64. The van der Waals surface area contributed by atoms with Crippen molar-refractivity contribution in [1.29, 1.82) is 0 Å². The van der Waals surface area contributed by atoms with Crippen LogP contribution in [0.25, 0.3) is 0 Å². The van der Waals surface area contributed by atoms with Gasteiger partial charge in [-0.05, 0) is 25.1 Å². The molecule has 0 radical (unpaired) electrons. The molecule has 1 aromatic heterocycles. The van der Waals surface area contributed by atoms with Crippen molar-refractivity contribution >= 4 is 11.6 Å². The summed E-state index contributed by atoms with van der Waals surface area (Å²) in [6.07, 6.45) is 0.429. The molecule has 0 aliphatic rings. The largest absolute Gasteiger partial charge is 0.469 e. The third kappa shape index (κ3) is 1.96. The predicted octanol–water partition coefficient (Wildman–Crippen LogP) is 3.46. The lowest BCUT2D eigenvalue weighted by atomic mass is 10.0. The summed E-state index contributed by atoms with van der Waals surface area (Å²) in [5.41, 5.74) is 0.745. The van der Waals surface area contributed by atoms with Crippen LogP contribution in [0.15, 0.2) is 34.9 Å². The van der Waals surface area contributed by atoms with Crippen molar-refractivity contribution in [3.8, 4) is 0 Å². The van der Waals surface area contributed by atoms with E-state index in [1.807, 2.05) is 0 Å². The number of benzene rings is 1. The molecule has 16 heavy (non-hydrogen) atoms. The zero-order valence-corrected chi connectivity index (χ0v) is 9.33. The molecule has 2 nitrogen and oxygen atoms in total. The van der Waals surface area contributed by atoms with E-state index in [0.717, 1.165) is 0 Å². The Kier molecular flexibility index (Phi) is 2.99. The highest BCUT2D eigenvalue weighted by Gasteiger charge is 2.18. The van der Waals surface area contributed by atoms with E-state index in [1.165, 1.54) is 18.4 Å². The Labute approximate surface area is 97.3 Å². The van der Waals surface area contributed by atoms with Crippen LogP contribution in [-0.2, 0) is 0 Å². The number of aryl methyl sites for hydroxylation is 1. The zero-order valence-electron chi connectivity index (χ0n) is 8.58. The van der Waals surface area contributed by atoms with Crippen molar-refractivity contribution in [2.24, 2.45) is 0 Å². The number of aliphatic hydroxyl groups is 1. The summed E-state index contributed by atoms with van der Waals surface area (Å²) in [7, 11) is 0. The van der Waals surface area contributed by atoms with Gasteiger partial charge in [-0.25, -0.2) is 4.39 Å². The minimum Gasteiger partial charge on any atom is -0.469 e. The summed E-state index contributed by atoms with van der Waals surface area (Å²) in [5, 5.41) is 10.3. The Hall–Kier alpha value is -1.32.